The Morgan fingerprint density at radius 2 is 1.96 bits per heavy atom. The molecule has 0 bridgehead atoms. The van der Waals surface area contributed by atoms with Crippen LogP contribution in [0.3, 0.4) is 0 Å². The van der Waals surface area contributed by atoms with Gasteiger partial charge in [-0.15, -0.1) is 0 Å². The Kier molecular flexibility index (Phi) is 5.50. The third-order valence-corrected chi connectivity index (χ3v) is 4.47. The molecule has 0 radical (unpaired) electrons. The normalized spacial score (nSPS) is 15.5. The van der Waals surface area contributed by atoms with Crippen molar-refractivity contribution >= 4 is 23.5 Å². The number of rotatable bonds is 5. The van der Waals surface area contributed by atoms with Crippen molar-refractivity contribution < 1.29 is 19.5 Å². The lowest BCUT2D eigenvalue weighted by Gasteiger charge is -2.26. The zero-order valence-corrected chi connectivity index (χ0v) is 15.3. The molecule has 0 fully saturated rings. The number of aryl methyl sites for hydroxylation is 1. The van der Waals surface area contributed by atoms with Gasteiger partial charge in [0.2, 0.25) is 5.91 Å². The standard InChI is InChI=1S/C19H26N2O4/c1-19(2,3)10-9-14(18(24)25)20-17(23)13-5-7-15-12(11-13)6-8-16(22)21(15)4/h5,7,11,14H,6,8-10H2,1-4H3,(H,20,23)(H,24,25). The summed E-state index contributed by atoms with van der Waals surface area (Å²) in [5, 5.41) is 12.0. The molecule has 2 rings (SSSR count). The minimum absolute atomic E-state index is 0.00136. The highest BCUT2D eigenvalue weighted by Gasteiger charge is 2.25. The van der Waals surface area contributed by atoms with Crippen LogP contribution >= 0.6 is 0 Å². The summed E-state index contributed by atoms with van der Waals surface area (Å²) in [7, 11) is 1.72. The van der Waals surface area contributed by atoms with Gasteiger partial charge in [0.1, 0.15) is 6.04 Å². The summed E-state index contributed by atoms with van der Waals surface area (Å²) in [6, 6.07) is 4.21. The number of hydrogen-bond donors (Lipinski definition) is 2. The minimum atomic E-state index is -1.03. The van der Waals surface area contributed by atoms with Crippen LogP contribution in [0.1, 0.15) is 56.0 Å². The highest BCUT2D eigenvalue weighted by Crippen LogP contribution is 2.27. The van der Waals surface area contributed by atoms with Crippen LogP contribution in [0.4, 0.5) is 5.69 Å². The molecule has 0 aliphatic carbocycles. The fourth-order valence-corrected chi connectivity index (χ4v) is 2.87. The molecule has 0 saturated carbocycles. The van der Waals surface area contributed by atoms with E-state index in [9.17, 15) is 19.5 Å². The molecule has 2 amide bonds. The van der Waals surface area contributed by atoms with Crippen molar-refractivity contribution in [2.45, 2.75) is 52.5 Å². The largest absolute Gasteiger partial charge is 0.480 e. The van der Waals surface area contributed by atoms with E-state index in [1.54, 1.807) is 30.1 Å². The maximum Gasteiger partial charge on any atom is 0.326 e. The number of carbonyl (C=O) groups is 3. The Bertz CT molecular complexity index is 691. The Morgan fingerprint density at radius 3 is 2.56 bits per heavy atom. The lowest BCUT2D eigenvalue weighted by atomic mass is 9.88. The molecule has 1 aliphatic rings. The van der Waals surface area contributed by atoms with Gasteiger partial charge in [0.05, 0.1) is 0 Å². The number of benzene rings is 1. The molecule has 1 aromatic carbocycles. The molecule has 1 atom stereocenters. The van der Waals surface area contributed by atoms with Gasteiger partial charge in [-0.2, -0.15) is 0 Å². The van der Waals surface area contributed by atoms with Crippen LogP contribution in [0.5, 0.6) is 0 Å². The maximum absolute atomic E-state index is 12.5. The summed E-state index contributed by atoms with van der Waals surface area (Å²) in [5.74, 6) is -1.37. The second-order valence-corrected chi connectivity index (χ2v) is 7.76. The molecule has 1 heterocycles. The minimum Gasteiger partial charge on any atom is -0.480 e. The first-order valence-electron chi connectivity index (χ1n) is 8.51. The van der Waals surface area contributed by atoms with Gasteiger partial charge in [-0.05, 0) is 48.4 Å². The van der Waals surface area contributed by atoms with Crippen LogP contribution in [-0.4, -0.2) is 36.0 Å². The molecule has 1 aromatic rings. The summed E-state index contributed by atoms with van der Waals surface area (Å²) in [4.78, 5) is 37.2. The van der Waals surface area contributed by atoms with Crippen molar-refractivity contribution in [1.82, 2.24) is 5.32 Å². The van der Waals surface area contributed by atoms with E-state index < -0.39 is 17.9 Å². The van der Waals surface area contributed by atoms with Gasteiger partial charge in [-0.1, -0.05) is 20.8 Å². The number of carboxylic acids is 1. The number of carbonyl (C=O) groups excluding carboxylic acids is 2. The zero-order valence-electron chi connectivity index (χ0n) is 15.3. The first kappa shape index (κ1) is 19.0. The number of carboxylic acid groups (broad SMARTS) is 1. The first-order valence-corrected chi connectivity index (χ1v) is 8.51. The predicted molar refractivity (Wildman–Crippen MR) is 95.8 cm³/mol. The van der Waals surface area contributed by atoms with Gasteiger partial charge in [0, 0.05) is 24.7 Å². The average Bonchev–Trinajstić information content (AvgIpc) is 2.53. The van der Waals surface area contributed by atoms with E-state index in [1.165, 1.54) is 0 Å². The quantitative estimate of drug-likeness (QED) is 0.858. The Balaban J connectivity index is 2.11. The number of nitrogens with one attached hydrogen (secondary N) is 1. The smallest absolute Gasteiger partial charge is 0.326 e. The Hall–Kier alpha value is -2.37. The summed E-state index contributed by atoms with van der Waals surface area (Å²) < 4.78 is 0. The lowest BCUT2D eigenvalue weighted by Crippen LogP contribution is -2.41. The van der Waals surface area contributed by atoms with E-state index in [4.69, 9.17) is 0 Å². The van der Waals surface area contributed by atoms with Gasteiger partial charge < -0.3 is 15.3 Å². The molecule has 1 unspecified atom stereocenters. The predicted octanol–water partition coefficient (Wildman–Crippen LogP) is 2.60. The number of fused-ring (bicyclic) bond motifs is 1. The second kappa shape index (κ2) is 7.25. The third kappa shape index (κ3) is 4.81. The number of anilines is 1. The molecule has 2 N–H and O–H groups in total. The van der Waals surface area contributed by atoms with Crippen LogP contribution < -0.4 is 10.2 Å². The molecule has 0 aromatic heterocycles. The van der Waals surface area contributed by atoms with Gasteiger partial charge in [0.25, 0.3) is 5.91 Å². The molecule has 1 aliphatic heterocycles. The zero-order chi connectivity index (χ0) is 18.8. The van der Waals surface area contributed by atoms with Gasteiger partial charge in [0.15, 0.2) is 0 Å². The van der Waals surface area contributed by atoms with E-state index in [0.29, 0.717) is 31.2 Å². The van der Waals surface area contributed by atoms with Gasteiger partial charge >= 0.3 is 5.97 Å². The topological polar surface area (TPSA) is 86.7 Å². The van der Waals surface area contributed by atoms with Crippen LogP contribution in [0.25, 0.3) is 0 Å². The maximum atomic E-state index is 12.5. The number of hydrogen-bond acceptors (Lipinski definition) is 3. The number of aliphatic carboxylic acids is 1. The second-order valence-electron chi connectivity index (χ2n) is 7.76. The van der Waals surface area contributed by atoms with Crippen molar-refractivity contribution in [3.8, 4) is 0 Å². The van der Waals surface area contributed by atoms with Crippen molar-refractivity contribution in [2.75, 3.05) is 11.9 Å². The monoisotopic (exact) mass is 346 g/mol. The lowest BCUT2D eigenvalue weighted by molar-refractivity contribution is -0.139. The van der Waals surface area contributed by atoms with Crippen molar-refractivity contribution in [3.63, 3.8) is 0 Å². The average molecular weight is 346 g/mol. The molecule has 0 saturated heterocycles. The third-order valence-electron chi connectivity index (χ3n) is 4.47. The van der Waals surface area contributed by atoms with Crippen molar-refractivity contribution in [1.29, 1.82) is 0 Å². The van der Waals surface area contributed by atoms with Crippen LogP contribution in [0, 0.1) is 5.41 Å². The molecule has 6 heteroatoms. The van der Waals surface area contributed by atoms with Gasteiger partial charge in [-0.3, -0.25) is 9.59 Å². The highest BCUT2D eigenvalue weighted by molar-refractivity contribution is 5.99. The fourth-order valence-electron chi connectivity index (χ4n) is 2.87. The summed E-state index contributed by atoms with van der Waals surface area (Å²) in [6.07, 6.45) is 2.08. The number of amides is 2. The van der Waals surface area contributed by atoms with Crippen LogP contribution in [0.15, 0.2) is 18.2 Å². The molecule has 25 heavy (non-hydrogen) atoms. The molecule has 6 nitrogen and oxygen atoms in total. The van der Waals surface area contributed by atoms with Crippen molar-refractivity contribution in [2.24, 2.45) is 5.41 Å². The first-order chi connectivity index (χ1) is 11.6. The van der Waals surface area contributed by atoms with E-state index in [0.717, 1.165) is 11.3 Å². The SMILES string of the molecule is CN1C(=O)CCc2cc(C(=O)NC(CCC(C)(C)C)C(=O)O)ccc21. The van der Waals surface area contributed by atoms with E-state index in [-0.39, 0.29) is 11.3 Å². The van der Waals surface area contributed by atoms with E-state index in [2.05, 4.69) is 5.32 Å². The number of nitrogens with zero attached hydrogens (tertiary/aromatic N) is 1. The van der Waals surface area contributed by atoms with Gasteiger partial charge in [-0.25, -0.2) is 4.79 Å². The Labute approximate surface area is 148 Å². The molecular weight excluding hydrogens is 320 g/mol. The molecule has 0 spiro atoms. The van der Waals surface area contributed by atoms with Crippen LogP contribution in [0.2, 0.25) is 0 Å². The fraction of sp³-hybridized carbons (Fsp3) is 0.526. The summed E-state index contributed by atoms with van der Waals surface area (Å²) >= 11 is 0. The molecular formula is C19H26N2O4. The summed E-state index contributed by atoms with van der Waals surface area (Å²) in [6.45, 7) is 6.11. The Morgan fingerprint density at radius 1 is 1.28 bits per heavy atom. The molecule has 136 valence electrons. The van der Waals surface area contributed by atoms with E-state index >= 15 is 0 Å². The van der Waals surface area contributed by atoms with Crippen molar-refractivity contribution in [3.05, 3.63) is 29.3 Å². The summed E-state index contributed by atoms with van der Waals surface area (Å²) in [5.41, 5.74) is 2.15. The highest BCUT2D eigenvalue weighted by atomic mass is 16.4. The van der Waals surface area contributed by atoms with E-state index in [1.807, 2.05) is 20.8 Å². The van der Waals surface area contributed by atoms with Crippen LogP contribution in [-0.2, 0) is 16.0 Å².